The second kappa shape index (κ2) is 18.1. The number of nitrogens with one attached hydrogen (secondary N) is 1. The van der Waals surface area contributed by atoms with Crippen LogP contribution in [0.1, 0.15) is 60.0 Å². The number of hydrogen-bond donors (Lipinski definition) is 1. The first-order valence-corrected chi connectivity index (χ1v) is 19.2. The van der Waals surface area contributed by atoms with Crippen LogP contribution in [0.3, 0.4) is 0 Å². The van der Waals surface area contributed by atoms with E-state index in [1.165, 1.54) is 17.7 Å². The maximum atomic E-state index is 13.0. The molecule has 10 heteroatoms. The van der Waals surface area contributed by atoms with Crippen molar-refractivity contribution < 1.29 is 32.1 Å². The number of benzene rings is 4. The summed E-state index contributed by atoms with van der Waals surface area (Å²) in [4.78, 5) is 4.80. The van der Waals surface area contributed by atoms with Gasteiger partial charge in [-0.05, 0) is 138 Å². The normalized spacial score (nSPS) is 16.1. The van der Waals surface area contributed by atoms with Crippen LogP contribution in [-0.4, -0.2) is 58.3 Å². The van der Waals surface area contributed by atoms with Crippen molar-refractivity contribution in [1.29, 1.82) is 0 Å². The predicted molar refractivity (Wildman–Crippen MR) is 219 cm³/mol. The largest absolute Gasteiger partial charge is 0.573 e. The van der Waals surface area contributed by atoms with E-state index >= 15 is 0 Å². The summed E-state index contributed by atoms with van der Waals surface area (Å²) in [6.45, 7) is 11.3. The second-order valence-electron chi connectivity index (χ2n) is 14.4. The number of alkyl halides is 3. The summed E-state index contributed by atoms with van der Waals surface area (Å²) in [6, 6.07) is 23.3. The predicted octanol–water partition coefficient (Wildman–Crippen LogP) is 10.4. The molecule has 0 spiro atoms. The number of nitrogens with zero attached hydrogens (tertiary/aromatic N) is 2. The highest BCUT2D eigenvalue weighted by Crippen LogP contribution is 2.38. The average Bonchev–Trinajstić information content (AvgIpc) is 3.20. The van der Waals surface area contributed by atoms with Gasteiger partial charge in [0.25, 0.3) is 0 Å². The Morgan fingerprint density at radius 2 is 1.66 bits per heavy atom. The fraction of sp³-hybridized carbons (Fsp3) is 0.348. The zero-order chi connectivity index (χ0) is 39.8. The molecule has 2 aliphatic heterocycles. The van der Waals surface area contributed by atoms with Gasteiger partial charge < -0.3 is 29.2 Å². The molecule has 0 aliphatic carbocycles. The van der Waals surface area contributed by atoms with Crippen molar-refractivity contribution in [2.24, 2.45) is 0 Å². The highest BCUT2D eigenvalue weighted by atomic mass is 19.4. The molecule has 7 nitrogen and oxygen atoms in total. The number of rotatable bonds is 15. The monoisotopic (exact) mass is 767 g/mol. The van der Waals surface area contributed by atoms with Crippen LogP contribution in [-0.2, 0) is 13.0 Å². The number of ether oxygens (including phenoxy) is 4. The number of anilines is 1. The summed E-state index contributed by atoms with van der Waals surface area (Å²) >= 11 is 0. The van der Waals surface area contributed by atoms with Crippen molar-refractivity contribution in [3.63, 3.8) is 0 Å². The molecule has 56 heavy (non-hydrogen) atoms. The van der Waals surface area contributed by atoms with Gasteiger partial charge in [-0.2, -0.15) is 0 Å². The number of halogens is 3. The van der Waals surface area contributed by atoms with E-state index in [1.807, 2.05) is 25.3 Å². The maximum absolute atomic E-state index is 13.0. The summed E-state index contributed by atoms with van der Waals surface area (Å²) in [5.74, 6) is 2.05. The van der Waals surface area contributed by atoms with Gasteiger partial charge in [-0.15, -0.1) is 13.2 Å². The molecule has 0 saturated carbocycles. The molecule has 2 aliphatic rings. The third-order valence-electron chi connectivity index (χ3n) is 10.7. The summed E-state index contributed by atoms with van der Waals surface area (Å²) in [5.41, 5.74) is 9.58. The van der Waals surface area contributed by atoms with Gasteiger partial charge in [-0.25, -0.2) is 0 Å². The van der Waals surface area contributed by atoms with Gasteiger partial charge in [-0.1, -0.05) is 50.3 Å². The topological polar surface area (TPSA) is 55.4 Å². The van der Waals surface area contributed by atoms with Crippen molar-refractivity contribution in [1.82, 2.24) is 10.2 Å². The van der Waals surface area contributed by atoms with E-state index in [0.717, 1.165) is 101 Å². The molecule has 4 aromatic rings. The van der Waals surface area contributed by atoms with E-state index in [2.05, 4.69) is 88.0 Å². The van der Waals surface area contributed by atoms with Gasteiger partial charge in [0.1, 0.15) is 11.5 Å². The fourth-order valence-corrected chi connectivity index (χ4v) is 7.84. The Bertz CT molecular complexity index is 2030. The minimum Gasteiger partial charge on any atom is -0.496 e. The Kier molecular flexibility index (Phi) is 13.0. The molecule has 1 atom stereocenters. The van der Waals surface area contributed by atoms with Crippen molar-refractivity contribution in [2.75, 3.05) is 45.9 Å². The van der Waals surface area contributed by atoms with E-state index < -0.39 is 6.36 Å². The quantitative estimate of drug-likeness (QED) is 0.129. The summed E-state index contributed by atoms with van der Waals surface area (Å²) in [5, 5.41) is 3.48. The third-order valence-corrected chi connectivity index (χ3v) is 10.7. The van der Waals surface area contributed by atoms with Crippen LogP contribution in [0.25, 0.3) is 17.2 Å². The smallest absolute Gasteiger partial charge is 0.496 e. The van der Waals surface area contributed by atoms with E-state index in [1.54, 1.807) is 33.5 Å². The van der Waals surface area contributed by atoms with Crippen molar-refractivity contribution in [2.45, 2.75) is 64.5 Å². The first-order valence-electron chi connectivity index (χ1n) is 19.2. The summed E-state index contributed by atoms with van der Waals surface area (Å²) < 4.78 is 60.4. The van der Waals surface area contributed by atoms with Gasteiger partial charge >= 0.3 is 6.36 Å². The van der Waals surface area contributed by atoms with Gasteiger partial charge in [0, 0.05) is 37.9 Å². The van der Waals surface area contributed by atoms with Crippen LogP contribution in [0, 0.1) is 6.92 Å². The minimum absolute atomic E-state index is 0.00790. The lowest BCUT2D eigenvalue weighted by Crippen LogP contribution is -2.45. The molecule has 0 amide bonds. The lowest BCUT2D eigenvalue weighted by atomic mass is 9.95. The third kappa shape index (κ3) is 9.71. The van der Waals surface area contributed by atoms with Gasteiger partial charge in [0.15, 0.2) is 11.5 Å². The van der Waals surface area contributed by atoms with Crippen LogP contribution in [0.4, 0.5) is 18.9 Å². The SMILES string of the molecule is C=Cc1cc(C2C=C(CN3CCC(N(Cc4cccc(-c5cc(CCC)c(OC)c(OC)c5)c4)c4ccc(OC(F)(F)F)cc4)CC3)C=CN2)cc(OC)c1C. The molecule has 296 valence electrons. The molecule has 4 aromatic carbocycles. The number of hydrogen-bond acceptors (Lipinski definition) is 7. The molecule has 6 rings (SSSR count). The maximum Gasteiger partial charge on any atom is 0.573 e. The zero-order valence-electron chi connectivity index (χ0n) is 32.9. The molecular weight excluding hydrogens is 716 g/mol. The van der Waals surface area contributed by atoms with Crippen LogP contribution in [0.15, 0.2) is 103 Å². The molecule has 0 aromatic heterocycles. The molecule has 0 radical (unpaired) electrons. The van der Waals surface area contributed by atoms with Crippen molar-refractivity contribution >= 4 is 11.8 Å². The van der Waals surface area contributed by atoms with E-state index in [-0.39, 0.29) is 17.8 Å². The van der Waals surface area contributed by atoms with E-state index in [0.29, 0.717) is 12.3 Å². The van der Waals surface area contributed by atoms with E-state index in [4.69, 9.17) is 14.2 Å². The highest BCUT2D eigenvalue weighted by Gasteiger charge is 2.31. The van der Waals surface area contributed by atoms with Crippen LogP contribution >= 0.6 is 0 Å². The fourth-order valence-electron chi connectivity index (χ4n) is 7.84. The molecule has 1 saturated heterocycles. The van der Waals surface area contributed by atoms with Crippen molar-refractivity contribution in [3.8, 4) is 34.1 Å². The molecule has 1 N–H and O–H groups in total. The molecule has 0 bridgehead atoms. The highest BCUT2D eigenvalue weighted by molar-refractivity contribution is 5.70. The van der Waals surface area contributed by atoms with E-state index in [9.17, 15) is 13.2 Å². The second-order valence-corrected chi connectivity index (χ2v) is 14.4. The van der Waals surface area contributed by atoms with Gasteiger partial charge in [0.2, 0.25) is 0 Å². The standard InChI is InChI=1S/C46H52F3N3O4/c1-7-10-36-26-37(27-44(54-5)45(36)55-6)35-12-9-11-32(23-35)30-52(39-13-15-41(16-14-39)56-46(47,48)49)40-18-21-51(22-19-40)29-33-17-20-50-42(24-33)38-25-34(8-2)31(3)43(28-38)53-4/h8-9,11-17,20,23-28,40,42,50H,2,7,10,18-19,21-22,29-30H2,1,3-6H3. The number of dihydropyridines is 1. The van der Waals surface area contributed by atoms with Gasteiger partial charge in [0.05, 0.1) is 27.4 Å². The zero-order valence-corrected chi connectivity index (χ0v) is 32.9. The number of piperidine rings is 1. The number of likely N-dealkylation sites (tertiary alicyclic amines) is 1. The summed E-state index contributed by atoms with van der Waals surface area (Å²) in [6.07, 6.45) is 7.15. The van der Waals surface area contributed by atoms with Crippen LogP contribution < -0.4 is 29.2 Å². The first kappa shape index (κ1) is 40.3. The Morgan fingerprint density at radius 3 is 2.32 bits per heavy atom. The van der Waals surface area contributed by atoms with Crippen LogP contribution in [0.5, 0.6) is 23.0 Å². The Labute approximate surface area is 329 Å². The number of methoxy groups -OCH3 is 3. The molecular formula is C46H52F3N3O4. The first-order chi connectivity index (χ1) is 27.0. The van der Waals surface area contributed by atoms with Crippen LogP contribution in [0.2, 0.25) is 0 Å². The summed E-state index contributed by atoms with van der Waals surface area (Å²) in [7, 11) is 5.01. The Balaban J connectivity index is 1.21. The van der Waals surface area contributed by atoms with Crippen molar-refractivity contribution in [3.05, 3.63) is 131 Å². The molecule has 2 heterocycles. The minimum atomic E-state index is -4.75. The average molecular weight is 768 g/mol. The van der Waals surface area contributed by atoms with Gasteiger partial charge in [-0.3, -0.25) is 4.90 Å². The molecule has 1 unspecified atom stereocenters. The Morgan fingerprint density at radius 1 is 0.911 bits per heavy atom. The lowest BCUT2D eigenvalue weighted by Gasteiger charge is -2.40. The molecule has 1 fully saturated rings. The lowest BCUT2D eigenvalue weighted by molar-refractivity contribution is -0.274. The number of aryl methyl sites for hydroxylation is 1. The Hall–Kier alpha value is -5.35.